The molecule has 6 heteroatoms. The molecule has 0 radical (unpaired) electrons. The third kappa shape index (κ3) is 2.42. The van der Waals surface area contributed by atoms with E-state index >= 15 is 0 Å². The minimum Gasteiger partial charge on any atom is -0.508 e. The molecule has 0 aliphatic heterocycles. The maximum Gasteiger partial charge on any atom is 0.161 e. The summed E-state index contributed by atoms with van der Waals surface area (Å²) in [6.07, 6.45) is 0. The van der Waals surface area contributed by atoms with E-state index in [0.717, 1.165) is 12.1 Å². The van der Waals surface area contributed by atoms with Gasteiger partial charge in [-0.05, 0) is 12.1 Å². The summed E-state index contributed by atoms with van der Waals surface area (Å²) in [5.74, 6) is -2.81. The summed E-state index contributed by atoms with van der Waals surface area (Å²) >= 11 is 0. The van der Waals surface area contributed by atoms with Crippen LogP contribution < -0.4 is 0 Å². The highest BCUT2D eigenvalue weighted by Crippen LogP contribution is 2.31. The van der Waals surface area contributed by atoms with Gasteiger partial charge < -0.3 is 5.11 Å². The van der Waals surface area contributed by atoms with Crippen LogP contribution in [0, 0.1) is 56.7 Å². The van der Waals surface area contributed by atoms with Crippen molar-refractivity contribution in [1.29, 1.82) is 26.3 Å². The highest BCUT2D eigenvalue weighted by Gasteiger charge is 2.21. The van der Waals surface area contributed by atoms with Crippen molar-refractivity contribution in [2.45, 2.75) is 11.8 Å². The number of rotatable bonds is 2. The molecule has 1 N–H and O–H groups in total. The van der Waals surface area contributed by atoms with Gasteiger partial charge in [-0.1, -0.05) is 0 Å². The molecule has 1 aromatic rings. The molecule has 0 saturated carbocycles. The van der Waals surface area contributed by atoms with Crippen LogP contribution in [0.1, 0.15) is 28.5 Å². The summed E-state index contributed by atoms with van der Waals surface area (Å²) in [5.41, 5.74) is 0.0275. The Balaban J connectivity index is 3.55. The van der Waals surface area contributed by atoms with E-state index in [1.54, 1.807) is 30.3 Å². The Kier molecular flexibility index (Phi) is 4.06. The van der Waals surface area contributed by atoms with Crippen LogP contribution in [0.15, 0.2) is 12.1 Å². The van der Waals surface area contributed by atoms with E-state index in [1.807, 2.05) is 0 Å². The molecule has 0 unspecified atom stereocenters. The Hall–Kier alpha value is -3.53. The standard InChI is InChI=1S/C13H5N5O/c14-3-8-1-12(10(6-17)7-18)13(19)2-11(8)9(4-15)5-16/h1-2,9-10,19H. The number of hydrogen-bond donors (Lipinski definition) is 1. The maximum atomic E-state index is 9.75. The number of hydrogen-bond acceptors (Lipinski definition) is 6. The zero-order chi connectivity index (χ0) is 14.4. The van der Waals surface area contributed by atoms with Crippen LogP contribution in [0.3, 0.4) is 0 Å². The summed E-state index contributed by atoms with van der Waals surface area (Å²) < 4.78 is 0. The molecule has 88 valence electrons. The van der Waals surface area contributed by atoms with Crippen molar-refractivity contribution in [1.82, 2.24) is 0 Å². The lowest BCUT2D eigenvalue weighted by Crippen LogP contribution is -2.01. The Bertz CT molecular complexity index is 690. The average molecular weight is 247 g/mol. The molecule has 0 bridgehead atoms. The summed E-state index contributed by atoms with van der Waals surface area (Å²) in [7, 11) is 0. The van der Waals surface area contributed by atoms with E-state index in [0.29, 0.717) is 0 Å². The van der Waals surface area contributed by atoms with Crippen LogP contribution in [0.2, 0.25) is 0 Å². The van der Waals surface area contributed by atoms with Gasteiger partial charge in [-0.15, -0.1) is 0 Å². The van der Waals surface area contributed by atoms with Crippen molar-refractivity contribution < 1.29 is 5.11 Å². The quantitative estimate of drug-likeness (QED) is 0.840. The van der Waals surface area contributed by atoms with E-state index < -0.39 is 17.6 Å². The predicted molar refractivity (Wildman–Crippen MR) is 60.8 cm³/mol. The fraction of sp³-hybridized carbons (Fsp3) is 0.154. The molecule has 0 aliphatic rings. The monoisotopic (exact) mass is 247 g/mol. The normalized spacial score (nSPS) is 8.89. The Labute approximate surface area is 109 Å². The number of aromatic hydroxyl groups is 1. The lowest BCUT2D eigenvalue weighted by atomic mass is 9.91. The zero-order valence-corrected chi connectivity index (χ0v) is 9.49. The van der Waals surface area contributed by atoms with Crippen LogP contribution in [-0.4, -0.2) is 5.11 Å². The first-order valence-electron chi connectivity index (χ1n) is 4.98. The topological polar surface area (TPSA) is 139 Å². The fourth-order valence-corrected chi connectivity index (χ4v) is 1.52. The van der Waals surface area contributed by atoms with Crippen LogP contribution in [0.25, 0.3) is 0 Å². The molecule has 0 spiro atoms. The van der Waals surface area contributed by atoms with E-state index in [4.69, 9.17) is 26.3 Å². The van der Waals surface area contributed by atoms with Crippen molar-refractivity contribution >= 4 is 0 Å². The molecule has 6 nitrogen and oxygen atoms in total. The summed E-state index contributed by atoms with van der Waals surface area (Å²) in [6, 6.07) is 10.8. The maximum absolute atomic E-state index is 9.75. The van der Waals surface area contributed by atoms with Crippen molar-refractivity contribution in [3.63, 3.8) is 0 Å². The number of phenolic OH excluding ortho intramolecular Hbond substituents is 1. The van der Waals surface area contributed by atoms with Crippen molar-refractivity contribution in [2.75, 3.05) is 0 Å². The molecule has 0 aromatic heterocycles. The fourth-order valence-electron chi connectivity index (χ4n) is 1.52. The van der Waals surface area contributed by atoms with E-state index in [9.17, 15) is 5.11 Å². The van der Waals surface area contributed by atoms with Gasteiger partial charge in [0.15, 0.2) is 11.8 Å². The molecule has 0 amide bonds. The predicted octanol–water partition coefficient (Wildman–Crippen LogP) is 1.53. The van der Waals surface area contributed by atoms with Crippen LogP contribution >= 0.6 is 0 Å². The minimum absolute atomic E-state index is 0.0140. The van der Waals surface area contributed by atoms with Gasteiger partial charge >= 0.3 is 0 Å². The number of benzene rings is 1. The second-order valence-corrected chi connectivity index (χ2v) is 3.49. The first kappa shape index (κ1) is 13.5. The highest BCUT2D eigenvalue weighted by molar-refractivity contribution is 5.54. The molecule has 0 aliphatic carbocycles. The minimum atomic E-state index is -1.22. The van der Waals surface area contributed by atoms with Crippen molar-refractivity contribution in [3.05, 3.63) is 28.8 Å². The number of phenols is 1. The lowest BCUT2D eigenvalue weighted by molar-refractivity contribution is 0.467. The first-order valence-corrected chi connectivity index (χ1v) is 4.98. The van der Waals surface area contributed by atoms with Gasteiger partial charge in [-0.2, -0.15) is 26.3 Å². The average Bonchev–Trinajstić information content (AvgIpc) is 2.43. The summed E-state index contributed by atoms with van der Waals surface area (Å²) in [5, 5.41) is 53.9. The van der Waals surface area contributed by atoms with Crippen molar-refractivity contribution in [3.8, 4) is 36.1 Å². The molecule has 1 aromatic carbocycles. The van der Waals surface area contributed by atoms with Gasteiger partial charge in [0.1, 0.15) is 5.75 Å². The molecule has 0 saturated heterocycles. The molecule has 19 heavy (non-hydrogen) atoms. The van der Waals surface area contributed by atoms with Gasteiger partial charge in [-0.3, -0.25) is 0 Å². The van der Waals surface area contributed by atoms with Crippen LogP contribution in [-0.2, 0) is 0 Å². The van der Waals surface area contributed by atoms with Crippen LogP contribution in [0.5, 0.6) is 5.75 Å². The molecular weight excluding hydrogens is 242 g/mol. The van der Waals surface area contributed by atoms with Gasteiger partial charge in [0.25, 0.3) is 0 Å². The van der Waals surface area contributed by atoms with Gasteiger partial charge in [0.05, 0.1) is 35.9 Å². The smallest absolute Gasteiger partial charge is 0.161 e. The summed E-state index contributed by atoms with van der Waals surface area (Å²) in [4.78, 5) is 0. The lowest BCUT2D eigenvalue weighted by Gasteiger charge is -2.09. The van der Waals surface area contributed by atoms with Crippen LogP contribution in [0.4, 0.5) is 0 Å². The van der Waals surface area contributed by atoms with Gasteiger partial charge in [-0.25, -0.2) is 0 Å². The van der Waals surface area contributed by atoms with Gasteiger partial charge in [0, 0.05) is 11.1 Å². The second-order valence-electron chi connectivity index (χ2n) is 3.49. The van der Waals surface area contributed by atoms with E-state index in [1.165, 1.54) is 0 Å². The van der Waals surface area contributed by atoms with Gasteiger partial charge in [0.2, 0.25) is 0 Å². The Morgan fingerprint density at radius 3 is 1.68 bits per heavy atom. The molecule has 0 fully saturated rings. The van der Waals surface area contributed by atoms with Crippen molar-refractivity contribution in [2.24, 2.45) is 0 Å². The second kappa shape index (κ2) is 5.70. The third-order valence-corrected chi connectivity index (χ3v) is 2.46. The largest absolute Gasteiger partial charge is 0.508 e. The molecule has 0 atom stereocenters. The zero-order valence-electron chi connectivity index (χ0n) is 9.49. The molecular formula is C13H5N5O. The first-order chi connectivity index (χ1) is 9.12. The SMILES string of the molecule is N#Cc1cc(C(C#N)C#N)c(O)cc1C(C#N)C#N. The highest BCUT2D eigenvalue weighted by atomic mass is 16.3. The molecule has 1 rings (SSSR count). The van der Waals surface area contributed by atoms with E-state index in [-0.39, 0.29) is 16.7 Å². The summed E-state index contributed by atoms with van der Waals surface area (Å²) in [6.45, 7) is 0. The molecule has 0 heterocycles. The van der Waals surface area contributed by atoms with E-state index in [2.05, 4.69) is 0 Å². The number of nitrogens with zero attached hydrogens (tertiary/aromatic N) is 5. The Morgan fingerprint density at radius 2 is 1.26 bits per heavy atom. The third-order valence-electron chi connectivity index (χ3n) is 2.46. The number of nitriles is 5. The Morgan fingerprint density at radius 1 is 0.789 bits per heavy atom.